The summed E-state index contributed by atoms with van der Waals surface area (Å²) in [5.41, 5.74) is 1.32. The van der Waals surface area contributed by atoms with Crippen LogP contribution in [0.1, 0.15) is 17.4 Å². The third-order valence-corrected chi connectivity index (χ3v) is 5.21. The number of hydrogen-bond acceptors (Lipinski definition) is 5. The maximum absolute atomic E-state index is 12.3. The van der Waals surface area contributed by atoms with E-state index in [1.807, 2.05) is 17.5 Å². The Hall–Kier alpha value is -2.22. The number of carbonyl (C=O) groups is 2. The Balaban J connectivity index is 1.76. The van der Waals surface area contributed by atoms with Crippen molar-refractivity contribution < 1.29 is 9.59 Å². The lowest BCUT2D eigenvalue weighted by Gasteiger charge is -2.08. The van der Waals surface area contributed by atoms with Gasteiger partial charge >= 0.3 is 0 Å². The van der Waals surface area contributed by atoms with Gasteiger partial charge in [-0.15, -0.1) is 22.7 Å². The Morgan fingerprint density at radius 2 is 2.00 bits per heavy atom. The monoisotopic (exact) mass is 377 g/mol. The quantitative estimate of drug-likeness (QED) is 0.690. The molecule has 0 aliphatic heterocycles. The molecule has 0 bridgehead atoms. The van der Waals surface area contributed by atoms with Gasteiger partial charge in [-0.25, -0.2) is 4.98 Å². The minimum atomic E-state index is -0.315. The van der Waals surface area contributed by atoms with E-state index in [1.54, 1.807) is 34.9 Å². The SMILES string of the molecule is CC(=O)Nc1cc(NC(=O)c2csc(-c3cccs3)n2)ccc1Cl. The van der Waals surface area contributed by atoms with E-state index in [0.29, 0.717) is 22.1 Å². The summed E-state index contributed by atoms with van der Waals surface area (Å²) in [6, 6.07) is 8.79. The molecule has 0 unspecified atom stereocenters. The van der Waals surface area contributed by atoms with E-state index in [0.717, 1.165) is 9.88 Å². The third-order valence-electron chi connectivity index (χ3n) is 3.00. The fourth-order valence-corrected chi connectivity index (χ4v) is 3.75. The molecule has 24 heavy (non-hydrogen) atoms. The number of rotatable bonds is 4. The number of carbonyl (C=O) groups excluding carboxylic acids is 2. The maximum Gasteiger partial charge on any atom is 0.275 e. The second kappa shape index (κ2) is 7.12. The van der Waals surface area contributed by atoms with Crippen LogP contribution in [0.4, 0.5) is 11.4 Å². The van der Waals surface area contributed by atoms with Crippen LogP contribution in [0.5, 0.6) is 0 Å². The molecule has 0 saturated heterocycles. The highest BCUT2D eigenvalue weighted by Crippen LogP contribution is 2.29. The fourth-order valence-electron chi connectivity index (χ4n) is 1.98. The predicted molar refractivity (Wildman–Crippen MR) is 99.1 cm³/mol. The Labute approximate surface area is 151 Å². The van der Waals surface area contributed by atoms with E-state index in [1.165, 1.54) is 18.3 Å². The van der Waals surface area contributed by atoms with Crippen molar-refractivity contribution in [3.05, 3.63) is 51.8 Å². The molecule has 122 valence electrons. The van der Waals surface area contributed by atoms with Gasteiger partial charge in [-0.1, -0.05) is 17.7 Å². The highest BCUT2D eigenvalue weighted by atomic mass is 35.5. The second-order valence-corrected chi connectivity index (χ2v) is 7.06. The minimum Gasteiger partial charge on any atom is -0.325 e. The largest absolute Gasteiger partial charge is 0.325 e. The smallest absolute Gasteiger partial charge is 0.275 e. The van der Waals surface area contributed by atoms with Gasteiger partial charge in [-0.3, -0.25) is 9.59 Å². The molecule has 8 heteroatoms. The molecule has 0 fully saturated rings. The molecule has 0 atom stereocenters. The van der Waals surface area contributed by atoms with E-state index < -0.39 is 0 Å². The van der Waals surface area contributed by atoms with Crippen LogP contribution in [0.3, 0.4) is 0 Å². The first-order valence-electron chi connectivity index (χ1n) is 6.91. The number of nitrogens with zero attached hydrogens (tertiary/aromatic N) is 1. The normalized spacial score (nSPS) is 10.4. The van der Waals surface area contributed by atoms with Gasteiger partial charge < -0.3 is 10.6 Å². The number of aromatic nitrogens is 1. The molecule has 0 radical (unpaired) electrons. The standard InChI is InChI=1S/C16H12ClN3O2S2/c1-9(21)18-12-7-10(4-5-11(12)17)19-15(22)13-8-24-16(20-13)14-3-2-6-23-14/h2-8H,1H3,(H,18,21)(H,19,22). The van der Waals surface area contributed by atoms with Gasteiger partial charge in [0.15, 0.2) is 0 Å². The third kappa shape index (κ3) is 3.81. The molecule has 0 saturated carbocycles. The van der Waals surface area contributed by atoms with Crippen LogP contribution in [0.25, 0.3) is 9.88 Å². The van der Waals surface area contributed by atoms with Crippen LogP contribution in [-0.2, 0) is 4.79 Å². The molecular weight excluding hydrogens is 366 g/mol. The maximum atomic E-state index is 12.3. The van der Waals surface area contributed by atoms with E-state index in [9.17, 15) is 9.59 Å². The molecule has 2 heterocycles. The summed E-state index contributed by atoms with van der Waals surface area (Å²) < 4.78 is 0. The second-order valence-electron chi connectivity index (χ2n) is 4.85. The van der Waals surface area contributed by atoms with Crippen LogP contribution in [-0.4, -0.2) is 16.8 Å². The Kier molecular flexibility index (Phi) is 4.94. The zero-order chi connectivity index (χ0) is 17.1. The summed E-state index contributed by atoms with van der Waals surface area (Å²) in [5.74, 6) is -0.550. The number of halogens is 1. The van der Waals surface area contributed by atoms with Gasteiger partial charge in [0.05, 0.1) is 15.6 Å². The van der Waals surface area contributed by atoms with Gasteiger partial charge in [-0.2, -0.15) is 0 Å². The molecular formula is C16H12ClN3O2S2. The number of thiazole rings is 1. The zero-order valence-electron chi connectivity index (χ0n) is 12.5. The molecule has 0 aliphatic carbocycles. The lowest BCUT2D eigenvalue weighted by Crippen LogP contribution is -2.13. The number of benzene rings is 1. The van der Waals surface area contributed by atoms with Gasteiger partial charge in [0, 0.05) is 18.0 Å². The van der Waals surface area contributed by atoms with Crippen molar-refractivity contribution in [3.8, 4) is 9.88 Å². The van der Waals surface area contributed by atoms with Gasteiger partial charge in [-0.05, 0) is 29.6 Å². The van der Waals surface area contributed by atoms with Gasteiger partial charge in [0.25, 0.3) is 5.91 Å². The van der Waals surface area contributed by atoms with E-state index in [4.69, 9.17) is 11.6 Å². The van der Waals surface area contributed by atoms with Crippen molar-refractivity contribution in [3.63, 3.8) is 0 Å². The molecule has 2 amide bonds. The van der Waals surface area contributed by atoms with Crippen molar-refractivity contribution >= 4 is 57.5 Å². The summed E-state index contributed by atoms with van der Waals surface area (Å²) in [4.78, 5) is 28.9. The topological polar surface area (TPSA) is 71.1 Å². The average molecular weight is 378 g/mol. The van der Waals surface area contributed by atoms with Gasteiger partial charge in [0.1, 0.15) is 10.7 Å². The number of amides is 2. The predicted octanol–water partition coefficient (Wildman–Crippen LogP) is 4.74. The molecule has 0 spiro atoms. The Morgan fingerprint density at radius 3 is 2.71 bits per heavy atom. The van der Waals surface area contributed by atoms with Crippen molar-refractivity contribution in [1.82, 2.24) is 4.98 Å². The number of hydrogen-bond donors (Lipinski definition) is 2. The van der Waals surface area contributed by atoms with Crippen LogP contribution in [0.15, 0.2) is 41.1 Å². The van der Waals surface area contributed by atoms with Gasteiger partial charge in [0.2, 0.25) is 5.91 Å². The molecule has 2 N–H and O–H groups in total. The summed E-state index contributed by atoms with van der Waals surface area (Å²) in [6.07, 6.45) is 0. The lowest BCUT2D eigenvalue weighted by molar-refractivity contribution is -0.114. The molecule has 0 aliphatic rings. The summed E-state index contributed by atoms with van der Waals surface area (Å²) in [6.45, 7) is 1.39. The molecule has 5 nitrogen and oxygen atoms in total. The Bertz CT molecular complexity index is 891. The Morgan fingerprint density at radius 1 is 1.17 bits per heavy atom. The van der Waals surface area contributed by atoms with E-state index in [-0.39, 0.29) is 11.8 Å². The molecule has 3 aromatic rings. The molecule has 2 aromatic heterocycles. The van der Waals surface area contributed by atoms with Crippen molar-refractivity contribution in [2.75, 3.05) is 10.6 Å². The zero-order valence-corrected chi connectivity index (χ0v) is 14.9. The minimum absolute atomic E-state index is 0.236. The number of anilines is 2. The highest BCUT2D eigenvalue weighted by Gasteiger charge is 2.13. The van der Waals surface area contributed by atoms with E-state index >= 15 is 0 Å². The number of thiophene rings is 1. The first-order valence-corrected chi connectivity index (χ1v) is 9.04. The van der Waals surface area contributed by atoms with Crippen LogP contribution in [0, 0.1) is 0 Å². The summed E-state index contributed by atoms with van der Waals surface area (Å²) in [5, 5.41) is 10.3. The first-order chi connectivity index (χ1) is 11.5. The summed E-state index contributed by atoms with van der Waals surface area (Å²) in [7, 11) is 0. The van der Waals surface area contributed by atoms with Crippen LogP contribution in [0.2, 0.25) is 5.02 Å². The summed E-state index contributed by atoms with van der Waals surface area (Å²) >= 11 is 9.01. The van der Waals surface area contributed by atoms with Crippen molar-refractivity contribution in [2.24, 2.45) is 0 Å². The van der Waals surface area contributed by atoms with E-state index in [2.05, 4.69) is 15.6 Å². The van der Waals surface area contributed by atoms with Crippen molar-refractivity contribution in [1.29, 1.82) is 0 Å². The van der Waals surface area contributed by atoms with Crippen LogP contribution >= 0.6 is 34.3 Å². The first kappa shape index (κ1) is 16.6. The lowest BCUT2D eigenvalue weighted by atomic mass is 10.2. The number of nitrogens with one attached hydrogen (secondary N) is 2. The van der Waals surface area contributed by atoms with Crippen molar-refractivity contribution in [2.45, 2.75) is 6.92 Å². The van der Waals surface area contributed by atoms with Crippen LogP contribution < -0.4 is 10.6 Å². The average Bonchev–Trinajstić information content (AvgIpc) is 3.20. The fraction of sp³-hybridized carbons (Fsp3) is 0.0625. The molecule has 3 rings (SSSR count). The molecule has 1 aromatic carbocycles. The highest BCUT2D eigenvalue weighted by molar-refractivity contribution is 7.20.